The number of carbonyl (C=O) groups excluding carboxylic acids is 1. The molecule has 0 amide bonds. The smallest absolute Gasteiger partial charge is 0.189 e. The van der Waals surface area contributed by atoms with Gasteiger partial charge in [-0.25, -0.2) is 0 Å². The average Bonchev–Trinajstić information content (AvgIpc) is 2.38. The second kappa shape index (κ2) is 5.57. The number of carbonyl (C=O) groups is 1. The van der Waals surface area contributed by atoms with Gasteiger partial charge in [-0.05, 0) is 10.8 Å². The number of ether oxygens (including phenoxy) is 1. The summed E-state index contributed by atoms with van der Waals surface area (Å²) in [5.74, 6) is -0.00440. The lowest BCUT2D eigenvalue weighted by Gasteiger charge is -2.06. The van der Waals surface area contributed by atoms with Crippen LogP contribution in [-0.4, -0.2) is 25.5 Å². The molecular formula is C14H15NO2. The quantitative estimate of drug-likeness (QED) is 0.630. The molecule has 0 saturated carbocycles. The van der Waals surface area contributed by atoms with Crippen LogP contribution in [0.25, 0.3) is 10.8 Å². The first-order valence-corrected chi connectivity index (χ1v) is 5.61. The molecule has 88 valence electrons. The Labute approximate surface area is 100 Å². The maximum Gasteiger partial charge on any atom is 0.189 e. The maximum atomic E-state index is 12.0. The predicted molar refractivity (Wildman–Crippen MR) is 68.2 cm³/mol. The van der Waals surface area contributed by atoms with E-state index in [4.69, 9.17) is 10.5 Å². The van der Waals surface area contributed by atoms with Gasteiger partial charge in [0, 0.05) is 12.1 Å². The van der Waals surface area contributed by atoms with Crippen LogP contribution in [0, 0.1) is 0 Å². The molecule has 3 nitrogen and oxygen atoms in total. The molecule has 2 rings (SSSR count). The standard InChI is InChI=1S/C14H15NO2/c15-8-9-17-10-14(16)13-7-3-5-11-4-1-2-6-12(11)13/h1-7H,8-10,15H2. The average molecular weight is 229 g/mol. The highest BCUT2D eigenvalue weighted by atomic mass is 16.5. The van der Waals surface area contributed by atoms with Gasteiger partial charge in [0.2, 0.25) is 0 Å². The van der Waals surface area contributed by atoms with Crippen molar-refractivity contribution in [2.75, 3.05) is 19.8 Å². The Kier molecular flexibility index (Phi) is 3.85. The second-order valence-corrected chi connectivity index (χ2v) is 3.79. The van der Waals surface area contributed by atoms with Gasteiger partial charge in [-0.2, -0.15) is 0 Å². The van der Waals surface area contributed by atoms with Crippen molar-refractivity contribution < 1.29 is 9.53 Å². The summed E-state index contributed by atoms with van der Waals surface area (Å²) in [6.07, 6.45) is 0. The molecule has 0 aromatic heterocycles. The molecule has 3 heteroatoms. The third kappa shape index (κ3) is 2.70. The number of rotatable bonds is 5. The zero-order valence-electron chi connectivity index (χ0n) is 9.56. The topological polar surface area (TPSA) is 52.3 Å². The molecule has 2 aromatic carbocycles. The van der Waals surface area contributed by atoms with Gasteiger partial charge in [0.1, 0.15) is 6.61 Å². The van der Waals surface area contributed by atoms with Gasteiger partial charge in [-0.1, -0.05) is 42.5 Å². The van der Waals surface area contributed by atoms with E-state index in [1.54, 1.807) is 0 Å². The number of Topliss-reactive ketones (excluding diaryl/α,β-unsaturated/α-hetero) is 1. The highest BCUT2D eigenvalue weighted by Gasteiger charge is 2.09. The van der Waals surface area contributed by atoms with E-state index in [9.17, 15) is 4.79 Å². The Bertz CT molecular complexity index is 517. The van der Waals surface area contributed by atoms with E-state index >= 15 is 0 Å². The Morgan fingerprint density at radius 3 is 2.71 bits per heavy atom. The lowest BCUT2D eigenvalue weighted by atomic mass is 10.0. The van der Waals surface area contributed by atoms with E-state index in [0.717, 1.165) is 10.8 Å². The monoisotopic (exact) mass is 229 g/mol. The molecule has 2 aromatic rings. The van der Waals surface area contributed by atoms with Gasteiger partial charge in [0.25, 0.3) is 0 Å². The van der Waals surface area contributed by atoms with Crippen molar-refractivity contribution >= 4 is 16.6 Å². The van der Waals surface area contributed by atoms with Crippen LogP contribution < -0.4 is 5.73 Å². The Balaban J connectivity index is 2.26. The van der Waals surface area contributed by atoms with Crippen LogP contribution in [-0.2, 0) is 4.74 Å². The molecule has 0 unspecified atom stereocenters. The van der Waals surface area contributed by atoms with E-state index in [1.807, 2.05) is 42.5 Å². The Morgan fingerprint density at radius 2 is 1.88 bits per heavy atom. The first-order valence-electron chi connectivity index (χ1n) is 5.61. The molecule has 0 bridgehead atoms. The summed E-state index contributed by atoms with van der Waals surface area (Å²) in [6, 6.07) is 13.5. The fourth-order valence-electron chi connectivity index (χ4n) is 1.79. The van der Waals surface area contributed by atoms with Gasteiger partial charge in [0.05, 0.1) is 6.61 Å². The molecular weight excluding hydrogens is 214 g/mol. The number of nitrogens with two attached hydrogens (primary N) is 1. The summed E-state index contributed by atoms with van der Waals surface area (Å²) < 4.78 is 5.17. The fraction of sp³-hybridized carbons (Fsp3) is 0.214. The van der Waals surface area contributed by atoms with Crippen molar-refractivity contribution in [1.29, 1.82) is 0 Å². The lowest BCUT2D eigenvalue weighted by molar-refractivity contribution is 0.0776. The zero-order chi connectivity index (χ0) is 12.1. The summed E-state index contributed by atoms with van der Waals surface area (Å²) in [5.41, 5.74) is 6.02. The number of benzene rings is 2. The molecule has 0 aliphatic carbocycles. The molecule has 0 fully saturated rings. The van der Waals surface area contributed by atoms with Crippen molar-refractivity contribution in [2.45, 2.75) is 0 Å². The minimum Gasteiger partial charge on any atom is -0.372 e. The number of ketones is 1. The second-order valence-electron chi connectivity index (χ2n) is 3.79. The van der Waals surface area contributed by atoms with Crippen LogP contribution in [0.5, 0.6) is 0 Å². The third-order valence-corrected chi connectivity index (χ3v) is 2.59. The predicted octanol–water partition coefficient (Wildman–Crippen LogP) is 2.00. The van der Waals surface area contributed by atoms with Crippen molar-refractivity contribution in [1.82, 2.24) is 0 Å². The summed E-state index contributed by atoms with van der Waals surface area (Å²) >= 11 is 0. The SMILES string of the molecule is NCCOCC(=O)c1cccc2ccccc12. The molecule has 2 N–H and O–H groups in total. The Hall–Kier alpha value is -1.71. The van der Waals surface area contributed by atoms with E-state index in [-0.39, 0.29) is 12.4 Å². The van der Waals surface area contributed by atoms with Crippen LogP contribution in [0.3, 0.4) is 0 Å². The summed E-state index contributed by atoms with van der Waals surface area (Å²) in [4.78, 5) is 12.0. The summed E-state index contributed by atoms with van der Waals surface area (Å²) in [6.45, 7) is 0.935. The molecule has 0 aliphatic heterocycles. The van der Waals surface area contributed by atoms with Gasteiger partial charge >= 0.3 is 0 Å². The number of hydrogen-bond acceptors (Lipinski definition) is 3. The largest absolute Gasteiger partial charge is 0.372 e. The molecule has 0 atom stereocenters. The minimum absolute atomic E-state index is 0.00440. The van der Waals surface area contributed by atoms with Crippen molar-refractivity contribution in [2.24, 2.45) is 5.73 Å². The normalized spacial score (nSPS) is 10.6. The highest BCUT2D eigenvalue weighted by Crippen LogP contribution is 2.18. The fourth-order valence-corrected chi connectivity index (χ4v) is 1.79. The van der Waals surface area contributed by atoms with Crippen LogP contribution in [0.4, 0.5) is 0 Å². The van der Waals surface area contributed by atoms with Crippen LogP contribution in [0.2, 0.25) is 0 Å². The zero-order valence-corrected chi connectivity index (χ0v) is 9.56. The minimum atomic E-state index is -0.00440. The van der Waals surface area contributed by atoms with E-state index in [2.05, 4.69) is 0 Å². The van der Waals surface area contributed by atoms with Gasteiger partial charge < -0.3 is 10.5 Å². The van der Waals surface area contributed by atoms with Crippen molar-refractivity contribution in [3.8, 4) is 0 Å². The van der Waals surface area contributed by atoms with Crippen LogP contribution >= 0.6 is 0 Å². The lowest BCUT2D eigenvalue weighted by Crippen LogP contribution is -2.14. The van der Waals surface area contributed by atoms with Crippen LogP contribution in [0.1, 0.15) is 10.4 Å². The number of hydrogen-bond donors (Lipinski definition) is 1. The molecule has 0 radical (unpaired) electrons. The third-order valence-electron chi connectivity index (χ3n) is 2.59. The van der Waals surface area contributed by atoms with Crippen LogP contribution in [0.15, 0.2) is 42.5 Å². The van der Waals surface area contributed by atoms with Crippen molar-refractivity contribution in [3.05, 3.63) is 48.0 Å². The highest BCUT2D eigenvalue weighted by molar-refractivity contribution is 6.08. The van der Waals surface area contributed by atoms with E-state index in [1.165, 1.54) is 0 Å². The molecule has 0 saturated heterocycles. The molecule has 0 aliphatic rings. The van der Waals surface area contributed by atoms with E-state index < -0.39 is 0 Å². The molecule has 0 heterocycles. The van der Waals surface area contributed by atoms with Gasteiger partial charge in [-0.15, -0.1) is 0 Å². The van der Waals surface area contributed by atoms with E-state index in [0.29, 0.717) is 18.7 Å². The number of fused-ring (bicyclic) bond motifs is 1. The van der Waals surface area contributed by atoms with Crippen molar-refractivity contribution in [3.63, 3.8) is 0 Å². The summed E-state index contributed by atoms with van der Waals surface area (Å²) in [7, 11) is 0. The first-order chi connectivity index (χ1) is 8.33. The first kappa shape index (κ1) is 11.8. The molecule has 0 spiro atoms. The Morgan fingerprint density at radius 1 is 1.12 bits per heavy atom. The van der Waals surface area contributed by atoms with Gasteiger partial charge in [0.15, 0.2) is 5.78 Å². The summed E-state index contributed by atoms with van der Waals surface area (Å²) in [5, 5.41) is 2.04. The molecule has 17 heavy (non-hydrogen) atoms. The maximum absolute atomic E-state index is 12.0. The van der Waals surface area contributed by atoms with Gasteiger partial charge in [-0.3, -0.25) is 4.79 Å².